The van der Waals surface area contributed by atoms with Crippen LogP contribution < -0.4 is 15.8 Å². The standard InChI is InChI=1S/C14H21BrN4O/c1-2-6-19-14(20)13(15)12(7-17-19)18-8-10-4-3-5-16-11(10)9-18/h7,10-11,16H,2-6,8-9H2,1H3. The molecule has 3 heterocycles. The van der Waals surface area contributed by atoms with Gasteiger partial charge in [0.05, 0.1) is 11.9 Å². The highest BCUT2D eigenvalue weighted by molar-refractivity contribution is 9.10. The minimum absolute atomic E-state index is 0.0211. The number of nitrogens with zero attached hydrogens (tertiary/aromatic N) is 3. The number of aromatic nitrogens is 2. The highest BCUT2D eigenvalue weighted by Gasteiger charge is 2.35. The average molecular weight is 341 g/mol. The maximum Gasteiger partial charge on any atom is 0.283 e. The minimum Gasteiger partial charge on any atom is -0.367 e. The van der Waals surface area contributed by atoms with Crippen LogP contribution in [0, 0.1) is 5.92 Å². The molecule has 2 atom stereocenters. The highest BCUT2D eigenvalue weighted by atomic mass is 79.9. The first-order chi connectivity index (χ1) is 9.70. The molecule has 0 saturated carbocycles. The molecule has 1 aromatic heterocycles. The third kappa shape index (κ3) is 2.51. The van der Waals surface area contributed by atoms with Crippen molar-refractivity contribution in [3.05, 3.63) is 21.0 Å². The van der Waals surface area contributed by atoms with Gasteiger partial charge in [-0.3, -0.25) is 4.79 Å². The quantitative estimate of drug-likeness (QED) is 0.908. The summed E-state index contributed by atoms with van der Waals surface area (Å²) in [5.74, 6) is 0.703. The molecule has 2 aliphatic rings. The van der Waals surface area contributed by atoms with E-state index < -0.39 is 0 Å². The third-order valence-electron chi connectivity index (χ3n) is 4.34. The first-order valence-corrected chi connectivity index (χ1v) is 8.24. The van der Waals surface area contributed by atoms with Crippen molar-refractivity contribution in [2.75, 3.05) is 24.5 Å². The molecule has 6 heteroatoms. The number of nitrogens with one attached hydrogen (secondary N) is 1. The zero-order chi connectivity index (χ0) is 14.1. The Morgan fingerprint density at radius 2 is 2.35 bits per heavy atom. The van der Waals surface area contributed by atoms with Gasteiger partial charge in [0.15, 0.2) is 0 Å². The Hall–Kier alpha value is -0.880. The first kappa shape index (κ1) is 14.1. The number of hydrogen-bond donors (Lipinski definition) is 1. The molecule has 2 unspecified atom stereocenters. The van der Waals surface area contributed by atoms with Gasteiger partial charge in [-0.15, -0.1) is 0 Å². The van der Waals surface area contributed by atoms with Gasteiger partial charge in [0.1, 0.15) is 4.47 Å². The van der Waals surface area contributed by atoms with Crippen LogP contribution in [0.5, 0.6) is 0 Å². The molecule has 2 aliphatic heterocycles. The van der Waals surface area contributed by atoms with Crippen molar-refractivity contribution in [3.63, 3.8) is 0 Å². The smallest absolute Gasteiger partial charge is 0.283 e. The molecule has 0 amide bonds. The van der Waals surface area contributed by atoms with Crippen molar-refractivity contribution in [1.82, 2.24) is 15.1 Å². The van der Waals surface area contributed by atoms with Crippen LogP contribution in [0.3, 0.4) is 0 Å². The van der Waals surface area contributed by atoms with Crippen molar-refractivity contribution in [3.8, 4) is 0 Å². The maximum absolute atomic E-state index is 12.3. The molecular weight excluding hydrogens is 320 g/mol. The van der Waals surface area contributed by atoms with Gasteiger partial charge in [0.25, 0.3) is 5.56 Å². The topological polar surface area (TPSA) is 50.2 Å². The molecule has 0 aromatic carbocycles. The first-order valence-electron chi connectivity index (χ1n) is 7.44. The molecule has 110 valence electrons. The number of aryl methyl sites for hydroxylation is 1. The van der Waals surface area contributed by atoms with Crippen LogP contribution in [0.1, 0.15) is 26.2 Å². The molecule has 1 aromatic rings. The summed E-state index contributed by atoms with van der Waals surface area (Å²) in [6, 6.07) is 0.564. The van der Waals surface area contributed by atoms with Gasteiger partial charge in [0, 0.05) is 25.7 Å². The van der Waals surface area contributed by atoms with Crippen LogP contribution in [0.2, 0.25) is 0 Å². The number of fused-ring (bicyclic) bond motifs is 1. The van der Waals surface area contributed by atoms with Crippen LogP contribution in [-0.4, -0.2) is 35.5 Å². The molecule has 2 fully saturated rings. The predicted molar refractivity (Wildman–Crippen MR) is 83.2 cm³/mol. The van der Waals surface area contributed by atoms with E-state index >= 15 is 0 Å². The molecule has 0 radical (unpaired) electrons. The molecular formula is C14H21BrN4O. The van der Waals surface area contributed by atoms with Gasteiger partial charge in [-0.2, -0.15) is 5.10 Å². The van der Waals surface area contributed by atoms with Crippen LogP contribution in [0.25, 0.3) is 0 Å². The largest absolute Gasteiger partial charge is 0.367 e. The normalized spacial score (nSPS) is 25.8. The van der Waals surface area contributed by atoms with Crippen molar-refractivity contribution < 1.29 is 0 Å². The van der Waals surface area contributed by atoms with E-state index in [1.807, 2.05) is 13.1 Å². The van der Waals surface area contributed by atoms with Gasteiger partial charge in [-0.1, -0.05) is 6.92 Å². The van der Waals surface area contributed by atoms with E-state index in [0.717, 1.165) is 31.7 Å². The number of rotatable bonds is 3. The van der Waals surface area contributed by atoms with Crippen LogP contribution in [0.15, 0.2) is 15.5 Å². The summed E-state index contributed by atoms with van der Waals surface area (Å²) in [6.45, 7) is 5.83. The van der Waals surface area contributed by atoms with Crippen molar-refractivity contribution in [2.45, 2.75) is 38.8 Å². The van der Waals surface area contributed by atoms with E-state index in [1.165, 1.54) is 17.5 Å². The summed E-state index contributed by atoms with van der Waals surface area (Å²) >= 11 is 3.47. The Morgan fingerprint density at radius 1 is 1.50 bits per heavy atom. The Balaban J connectivity index is 1.84. The lowest BCUT2D eigenvalue weighted by molar-refractivity contribution is 0.340. The van der Waals surface area contributed by atoms with Gasteiger partial charge in [-0.05, 0) is 47.7 Å². The number of halogens is 1. The van der Waals surface area contributed by atoms with E-state index in [4.69, 9.17) is 0 Å². The van der Waals surface area contributed by atoms with Gasteiger partial charge < -0.3 is 10.2 Å². The second-order valence-electron chi connectivity index (χ2n) is 5.74. The van der Waals surface area contributed by atoms with Gasteiger partial charge >= 0.3 is 0 Å². The molecule has 5 nitrogen and oxygen atoms in total. The highest BCUT2D eigenvalue weighted by Crippen LogP contribution is 2.31. The van der Waals surface area contributed by atoms with Gasteiger partial charge in [-0.25, -0.2) is 4.68 Å². The third-order valence-corrected chi connectivity index (χ3v) is 5.09. The summed E-state index contributed by atoms with van der Waals surface area (Å²) < 4.78 is 2.19. The fourth-order valence-electron chi connectivity index (χ4n) is 3.29. The van der Waals surface area contributed by atoms with Crippen molar-refractivity contribution in [2.24, 2.45) is 5.92 Å². The average Bonchev–Trinajstić information content (AvgIpc) is 2.88. The Morgan fingerprint density at radius 3 is 3.10 bits per heavy atom. The van der Waals surface area contributed by atoms with E-state index in [2.05, 4.69) is 31.2 Å². The van der Waals surface area contributed by atoms with Crippen LogP contribution in [-0.2, 0) is 6.54 Å². The van der Waals surface area contributed by atoms with Crippen molar-refractivity contribution in [1.29, 1.82) is 0 Å². The summed E-state index contributed by atoms with van der Waals surface area (Å²) in [6.07, 6.45) is 5.29. The minimum atomic E-state index is -0.0211. The van der Waals surface area contributed by atoms with E-state index in [1.54, 1.807) is 0 Å². The molecule has 1 N–H and O–H groups in total. The zero-order valence-electron chi connectivity index (χ0n) is 11.8. The number of anilines is 1. The molecule has 0 spiro atoms. The summed E-state index contributed by atoms with van der Waals surface area (Å²) in [5, 5.41) is 7.89. The lowest BCUT2D eigenvalue weighted by atomic mass is 9.94. The summed E-state index contributed by atoms with van der Waals surface area (Å²) in [4.78, 5) is 14.6. The Bertz CT molecular complexity index is 530. The number of piperidine rings is 1. The van der Waals surface area contributed by atoms with E-state index in [0.29, 0.717) is 23.0 Å². The lowest BCUT2D eigenvalue weighted by Crippen LogP contribution is -2.40. The molecule has 2 saturated heterocycles. The van der Waals surface area contributed by atoms with Gasteiger partial charge in [0.2, 0.25) is 0 Å². The SMILES string of the molecule is CCCn1ncc(N2CC3CCCNC3C2)c(Br)c1=O. The molecule has 0 aliphatic carbocycles. The maximum atomic E-state index is 12.3. The van der Waals surface area contributed by atoms with E-state index in [9.17, 15) is 4.79 Å². The number of hydrogen-bond acceptors (Lipinski definition) is 4. The zero-order valence-corrected chi connectivity index (χ0v) is 13.4. The fraction of sp³-hybridized carbons (Fsp3) is 0.714. The summed E-state index contributed by atoms with van der Waals surface area (Å²) in [7, 11) is 0. The van der Waals surface area contributed by atoms with Crippen LogP contribution in [0.4, 0.5) is 5.69 Å². The Kier molecular flexibility index (Phi) is 4.12. The van der Waals surface area contributed by atoms with Crippen molar-refractivity contribution >= 4 is 21.6 Å². The Labute approximate surface area is 127 Å². The lowest BCUT2D eigenvalue weighted by Gasteiger charge is -2.24. The van der Waals surface area contributed by atoms with E-state index in [-0.39, 0.29) is 5.56 Å². The second kappa shape index (κ2) is 5.85. The monoisotopic (exact) mass is 340 g/mol. The fourth-order valence-corrected chi connectivity index (χ4v) is 3.85. The molecule has 0 bridgehead atoms. The van der Waals surface area contributed by atoms with Crippen LogP contribution >= 0.6 is 15.9 Å². The molecule has 3 rings (SSSR count). The molecule has 20 heavy (non-hydrogen) atoms. The second-order valence-corrected chi connectivity index (χ2v) is 6.53. The predicted octanol–water partition coefficient (Wildman–Crippen LogP) is 1.60. The summed E-state index contributed by atoms with van der Waals surface area (Å²) in [5.41, 5.74) is 0.922.